The van der Waals surface area contributed by atoms with Crippen LogP contribution in [-0.4, -0.2) is 37.4 Å². The fraction of sp³-hybridized carbons (Fsp3) is 0.294. The molecule has 0 bridgehead atoms. The third kappa shape index (κ3) is 3.60. The summed E-state index contributed by atoms with van der Waals surface area (Å²) in [5.41, 5.74) is 2.43. The second-order valence-corrected chi connectivity index (χ2v) is 5.34. The molecule has 0 amide bonds. The van der Waals surface area contributed by atoms with Crippen molar-refractivity contribution in [1.82, 2.24) is 5.01 Å². The molecule has 3 rings (SSSR count). The molecule has 4 heteroatoms. The molecule has 21 heavy (non-hydrogen) atoms. The van der Waals surface area contributed by atoms with Gasteiger partial charge in [-0.2, -0.15) is 5.10 Å². The number of hydrazone groups is 1. The van der Waals surface area contributed by atoms with Gasteiger partial charge < -0.3 is 0 Å². The number of anilines is 1. The lowest BCUT2D eigenvalue weighted by Crippen LogP contribution is -2.45. The van der Waals surface area contributed by atoms with Crippen LogP contribution in [0.3, 0.4) is 0 Å². The summed E-state index contributed by atoms with van der Waals surface area (Å²) in [6, 6.07) is 14.6. The van der Waals surface area contributed by atoms with E-state index >= 15 is 0 Å². The first-order valence-corrected chi connectivity index (χ1v) is 7.38. The van der Waals surface area contributed by atoms with Crippen LogP contribution in [0.2, 0.25) is 0 Å². The summed E-state index contributed by atoms with van der Waals surface area (Å²) in [4.78, 5) is 5.64. The maximum atomic E-state index is 4.58. The summed E-state index contributed by atoms with van der Waals surface area (Å²) in [5, 5.41) is 6.72. The molecular weight excluding hydrogens is 260 g/mol. The smallest absolute Gasteiger partial charge is 0.274 e. The third-order valence-corrected chi connectivity index (χ3v) is 3.74. The Morgan fingerprint density at radius 1 is 1.00 bits per heavy atom. The van der Waals surface area contributed by atoms with Gasteiger partial charge in [-0.25, -0.2) is 4.98 Å². The Labute approximate surface area is 125 Å². The molecule has 1 aromatic carbocycles. The Morgan fingerprint density at radius 2 is 1.76 bits per heavy atom. The number of hydrogen-bond donors (Lipinski definition) is 0. The molecule has 4 nitrogen and oxygen atoms in total. The lowest BCUT2D eigenvalue weighted by Gasteiger charge is -2.28. The van der Waals surface area contributed by atoms with Crippen molar-refractivity contribution < 1.29 is 4.98 Å². The molecule has 0 saturated carbocycles. The zero-order valence-electron chi connectivity index (χ0n) is 12.4. The van der Waals surface area contributed by atoms with E-state index in [0.717, 1.165) is 31.7 Å². The summed E-state index contributed by atoms with van der Waals surface area (Å²) in [6.45, 7) is 5.98. The van der Waals surface area contributed by atoms with Gasteiger partial charge in [-0.3, -0.25) is 9.91 Å². The molecule has 1 aliphatic heterocycles. The average Bonchev–Trinajstić information content (AvgIpc) is 2.56. The zero-order valence-corrected chi connectivity index (χ0v) is 12.4. The molecule has 0 spiro atoms. The number of rotatable bonds is 3. The quantitative estimate of drug-likeness (QED) is 0.806. The van der Waals surface area contributed by atoms with E-state index in [1.165, 1.54) is 11.4 Å². The number of aromatic amines is 1. The SMILES string of the molecule is Cc1ccc(/C=N\N2CCN(c3cccc[nH+]3)CC2)cc1. The number of aromatic nitrogens is 1. The molecule has 2 heterocycles. The first kappa shape index (κ1) is 13.6. The second-order valence-electron chi connectivity index (χ2n) is 5.34. The van der Waals surface area contributed by atoms with Crippen LogP contribution >= 0.6 is 0 Å². The topological polar surface area (TPSA) is 33.0 Å². The first-order valence-electron chi connectivity index (χ1n) is 7.38. The maximum Gasteiger partial charge on any atom is 0.274 e. The Bertz CT molecular complexity index is 584. The number of pyridine rings is 1. The lowest BCUT2D eigenvalue weighted by atomic mass is 10.2. The van der Waals surface area contributed by atoms with Gasteiger partial charge in [0.1, 0.15) is 13.1 Å². The predicted molar refractivity (Wildman–Crippen MR) is 85.6 cm³/mol. The van der Waals surface area contributed by atoms with Crippen LogP contribution in [0.4, 0.5) is 5.82 Å². The highest BCUT2D eigenvalue weighted by atomic mass is 15.5. The first-order chi connectivity index (χ1) is 10.3. The maximum absolute atomic E-state index is 4.58. The monoisotopic (exact) mass is 281 g/mol. The van der Waals surface area contributed by atoms with E-state index in [-0.39, 0.29) is 0 Å². The summed E-state index contributed by atoms with van der Waals surface area (Å²) in [5.74, 6) is 1.18. The number of piperazine rings is 1. The van der Waals surface area contributed by atoms with Crippen LogP contribution in [0.15, 0.2) is 53.8 Å². The van der Waals surface area contributed by atoms with Crippen molar-refractivity contribution >= 4 is 12.0 Å². The van der Waals surface area contributed by atoms with Crippen molar-refractivity contribution in [2.45, 2.75) is 6.92 Å². The van der Waals surface area contributed by atoms with E-state index in [9.17, 15) is 0 Å². The van der Waals surface area contributed by atoms with Crippen LogP contribution in [0.25, 0.3) is 0 Å². The van der Waals surface area contributed by atoms with Crippen LogP contribution in [0.5, 0.6) is 0 Å². The van der Waals surface area contributed by atoms with Gasteiger partial charge in [-0.05, 0) is 18.6 Å². The van der Waals surface area contributed by atoms with Crippen LogP contribution < -0.4 is 9.88 Å². The van der Waals surface area contributed by atoms with Crippen molar-refractivity contribution in [1.29, 1.82) is 0 Å². The summed E-state index contributed by atoms with van der Waals surface area (Å²) in [6.07, 6.45) is 3.92. The second kappa shape index (κ2) is 6.39. The Balaban J connectivity index is 1.55. The normalized spacial score (nSPS) is 15.7. The molecular formula is C17H21N4+. The van der Waals surface area contributed by atoms with E-state index in [4.69, 9.17) is 0 Å². The van der Waals surface area contributed by atoms with Crippen molar-refractivity contribution in [2.24, 2.45) is 5.10 Å². The van der Waals surface area contributed by atoms with E-state index < -0.39 is 0 Å². The number of nitrogens with one attached hydrogen (secondary N) is 1. The molecule has 1 aliphatic rings. The molecule has 0 atom stereocenters. The Morgan fingerprint density at radius 3 is 2.43 bits per heavy atom. The minimum Gasteiger partial charge on any atom is -0.289 e. The van der Waals surface area contributed by atoms with Gasteiger partial charge in [0.2, 0.25) is 0 Å². The highest BCUT2D eigenvalue weighted by molar-refractivity contribution is 5.79. The fourth-order valence-corrected chi connectivity index (χ4v) is 2.43. The molecule has 1 saturated heterocycles. The minimum absolute atomic E-state index is 0.949. The molecule has 0 aliphatic carbocycles. The number of aryl methyl sites for hydroxylation is 1. The molecule has 2 aromatic rings. The van der Waals surface area contributed by atoms with E-state index in [2.05, 4.69) is 63.3 Å². The highest BCUT2D eigenvalue weighted by Gasteiger charge is 2.21. The molecule has 1 fully saturated rings. The highest BCUT2D eigenvalue weighted by Crippen LogP contribution is 2.10. The van der Waals surface area contributed by atoms with Crippen LogP contribution in [-0.2, 0) is 0 Å². The van der Waals surface area contributed by atoms with E-state index in [1.54, 1.807) is 0 Å². The Hall–Kier alpha value is -2.36. The van der Waals surface area contributed by atoms with Gasteiger partial charge in [-0.15, -0.1) is 0 Å². The van der Waals surface area contributed by atoms with Gasteiger partial charge in [0.05, 0.1) is 25.5 Å². The fourth-order valence-electron chi connectivity index (χ4n) is 2.43. The average molecular weight is 281 g/mol. The number of nitrogens with zero attached hydrogens (tertiary/aromatic N) is 3. The van der Waals surface area contributed by atoms with Crippen molar-refractivity contribution in [3.05, 3.63) is 59.8 Å². The van der Waals surface area contributed by atoms with Gasteiger partial charge >= 0.3 is 0 Å². The summed E-state index contributed by atoms with van der Waals surface area (Å²) < 4.78 is 0. The molecule has 108 valence electrons. The third-order valence-electron chi connectivity index (χ3n) is 3.74. The van der Waals surface area contributed by atoms with E-state index in [1.807, 2.05) is 18.5 Å². The standard InChI is InChI=1S/C17H20N4/c1-15-5-7-16(8-6-15)14-19-21-12-10-20(11-13-21)17-4-2-3-9-18-17/h2-9,14H,10-13H2,1H3/p+1/b19-14-. The van der Waals surface area contributed by atoms with E-state index in [0.29, 0.717) is 0 Å². The largest absolute Gasteiger partial charge is 0.289 e. The molecule has 1 N–H and O–H groups in total. The van der Waals surface area contributed by atoms with Gasteiger partial charge in [0.25, 0.3) is 5.82 Å². The van der Waals surface area contributed by atoms with Crippen LogP contribution in [0.1, 0.15) is 11.1 Å². The minimum atomic E-state index is 0.949. The molecule has 0 radical (unpaired) electrons. The Kier molecular flexibility index (Phi) is 4.15. The van der Waals surface area contributed by atoms with Gasteiger partial charge in [0, 0.05) is 6.07 Å². The van der Waals surface area contributed by atoms with Crippen LogP contribution in [0, 0.1) is 6.92 Å². The number of hydrogen-bond acceptors (Lipinski definition) is 3. The summed E-state index contributed by atoms with van der Waals surface area (Å²) >= 11 is 0. The number of benzene rings is 1. The molecule has 0 unspecified atom stereocenters. The van der Waals surface area contributed by atoms with Crippen molar-refractivity contribution in [3.63, 3.8) is 0 Å². The van der Waals surface area contributed by atoms with Crippen molar-refractivity contribution in [3.8, 4) is 0 Å². The zero-order chi connectivity index (χ0) is 14.5. The molecule has 1 aromatic heterocycles. The lowest BCUT2D eigenvalue weighted by molar-refractivity contribution is -0.364. The number of H-pyrrole nitrogens is 1. The van der Waals surface area contributed by atoms with Crippen molar-refractivity contribution in [2.75, 3.05) is 31.1 Å². The van der Waals surface area contributed by atoms with Gasteiger partial charge in [-0.1, -0.05) is 35.9 Å². The predicted octanol–water partition coefficient (Wildman–Crippen LogP) is 1.97. The van der Waals surface area contributed by atoms with Gasteiger partial charge in [0.15, 0.2) is 0 Å². The summed E-state index contributed by atoms with van der Waals surface area (Å²) in [7, 11) is 0.